The van der Waals surface area contributed by atoms with Crippen LogP contribution >= 0.6 is 0 Å². The molecular weight excluding hydrogens is 254 g/mol. The van der Waals surface area contributed by atoms with Gasteiger partial charge in [-0.25, -0.2) is 4.79 Å². The van der Waals surface area contributed by atoms with Crippen molar-refractivity contribution >= 4 is 23.6 Å². The van der Waals surface area contributed by atoms with Crippen molar-refractivity contribution in [2.75, 3.05) is 11.5 Å². The van der Waals surface area contributed by atoms with Gasteiger partial charge in [0.2, 0.25) is 6.41 Å². The van der Waals surface area contributed by atoms with Gasteiger partial charge in [0.1, 0.15) is 0 Å². The van der Waals surface area contributed by atoms with Crippen LogP contribution in [0.5, 0.6) is 0 Å². The van der Waals surface area contributed by atoms with Gasteiger partial charge in [-0.15, -0.1) is 0 Å². The normalized spacial score (nSPS) is 16.2. The average Bonchev–Trinajstić information content (AvgIpc) is 2.38. The molecule has 20 heavy (non-hydrogen) atoms. The van der Waals surface area contributed by atoms with Crippen LogP contribution in [0.25, 0.3) is 5.57 Å². The van der Waals surface area contributed by atoms with Crippen molar-refractivity contribution in [2.24, 2.45) is 0 Å². The number of carbonyl (C=O) groups excluding carboxylic acids is 2. The van der Waals surface area contributed by atoms with Crippen molar-refractivity contribution in [1.29, 1.82) is 0 Å². The minimum absolute atomic E-state index is 0.342. The Labute approximate surface area is 119 Å². The van der Waals surface area contributed by atoms with E-state index in [1.165, 1.54) is 0 Å². The van der Waals surface area contributed by atoms with E-state index in [1.54, 1.807) is 30.0 Å². The molecule has 0 fully saturated rings. The molecule has 1 aromatic carbocycles. The number of nitrogens with zero attached hydrogens (tertiary/aromatic N) is 1. The first-order valence-electron chi connectivity index (χ1n) is 6.66. The van der Waals surface area contributed by atoms with Crippen LogP contribution in [-0.2, 0) is 9.53 Å². The van der Waals surface area contributed by atoms with Crippen LogP contribution < -0.4 is 4.90 Å². The van der Waals surface area contributed by atoms with E-state index in [0.717, 1.165) is 23.2 Å². The molecule has 0 aliphatic carbocycles. The molecule has 0 saturated heterocycles. The van der Waals surface area contributed by atoms with Crippen LogP contribution in [0.2, 0.25) is 0 Å². The van der Waals surface area contributed by atoms with Crippen molar-refractivity contribution in [2.45, 2.75) is 33.2 Å². The third-order valence-electron chi connectivity index (χ3n) is 3.49. The second-order valence-corrected chi connectivity index (χ2v) is 5.41. The molecule has 0 bridgehead atoms. The van der Waals surface area contributed by atoms with E-state index in [-0.39, 0.29) is 11.5 Å². The van der Waals surface area contributed by atoms with E-state index in [1.807, 2.05) is 26.8 Å². The minimum Gasteiger partial charge on any atom is -0.462 e. The highest BCUT2D eigenvalue weighted by atomic mass is 16.5. The highest BCUT2D eigenvalue weighted by Gasteiger charge is 2.31. The summed E-state index contributed by atoms with van der Waals surface area (Å²) in [5.74, 6) is -0.342. The molecule has 0 N–H and O–H groups in total. The molecule has 2 rings (SSSR count). The van der Waals surface area contributed by atoms with Gasteiger partial charge in [-0.05, 0) is 51.5 Å². The average molecular weight is 273 g/mol. The summed E-state index contributed by atoms with van der Waals surface area (Å²) in [6, 6.07) is 5.28. The minimum atomic E-state index is -0.371. The fourth-order valence-corrected chi connectivity index (χ4v) is 2.58. The number of fused-ring (bicyclic) bond motifs is 1. The SMILES string of the molecule is CCOC(=O)c1ccc2c(c1)C(C)=CC(C)(C)N2C=O. The lowest BCUT2D eigenvalue weighted by atomic mass is 9.88. The van der Waals surface area contributed by atoms with Crippen LogP contribution in [-0.4, -0.2) is 24.5 Å². The molecule has 1 aliphatic rings. The van der Waals surface area contributed by atoms with E-state index < -0.39 is 0 Å². The highest BCUT2D eigenvalue weighted by molar-refractivity contribution is 5.96. The third-order valence-corrected chi connectivity index (χ3v) is 3.49. The number of carbonyl (C=O) groups is 2. The summed E-state index contributed by atoms with van der Waals surface area (Å²) in [5.41, 5.74) is 2.89. The molecule has 1 amide bonds. The van der Waals surface area contributed by atoms with Gasteiger partial charge in [0.15, 0.2) is 0 Å². The van der Waals surface area contributed by atoms with Gasteiger partial charge in [-0.2, -0.15) is 0 Å². The van der Waals surface area contributed by atoms with Gasteiger partial charge in [0.25, 0.3) is 0 Å². The Hall–Kier alpha value is -2.10. The fraction of sp³-hybridized carbons (Fsp3) is 0.375. The van der Waals surface area contributed by atoms with Gasteiger partial charge in [-0.3, -0.25) is 4.79 Å². The maximum Gasteiger partial charge on any atom is 0.338 e. The number of esters is 1. The first-order valence-corrected chi connectivity index (χ1v) is 6.66. The molecule has 4 nitrogen and oxygen atoms in total. The summed E-state index contributed by atoms with van der Waals surface area (Å²) in [7, 11) is 0. The third kappa shape index (κ3) is 2.33. The first kappa shape index (κ1) is 14.3. The summed E-state index contributed by atoms with van der Waals surface area (Å²) in [6.07, 6.45) is 2.85. The van der Waals surface area contributed by atoms with Gasteiger partial charge in [0, 0.05) is 5.56 Å². The molecule has 0 saturated carbocycles. The Bertz CT molecular complexity index is 587. The Morgan fingerprint density at radius 1 is 1.40 bits per heavy atom. The van der Waals surface area contributed by atoms with Gasteiger partial charge < -0.3 is 9.64 Å². The molecule has 0 aromatic heterocycles. The molecule has 1 aromatic rings. The Balaban J connectivity index is 2.52. The smallest absolute Gasteiger partial charge is 0.338 e. The maximum absolute atomic E-state index is 11.8. The number of hydrogen-bond donors (Lipinski definition) is 0. The second-order valence-electron chi connectivity index (χ2n) is 5.41. The molecule has 0 unspecified atom stereocenters. The maximum atomic E-state index is 11.8. The van der Waals surface area contributed by atoms with E-state index in [2.05, 4.69) is 0 Å². The van der Waals surface area contributed by atoms with Crippen molar-refractivity contribution in [1.82, 2.24) is 0 Å². The quantitative estimate of drug-likeness (QED) is 0.628. The second kappa shape index (κ2) is 5.12. The Morgan fingerprint density at radius 3 is 2.70 bits per heavy atom. The predicted molar refractivity (Wildman–Crippen MR) is 78.7 cm³/mol. The van der Waals surface area contributed by atoms with E-state index in [4.69, 9.17) is 4.74 Å². The van der Waals surface area contributed by atoms with Crippen molar-refractivity contribution in [3.05, 3.63) is 35.4 Å². The molecule has 0 spiro atoms. The van der Waals surface area contributed by atoms with Crippen LogP contribution in [0, 0.1) is 0 Å². The number of ether oxygens (including phenoxy) is 1. The summed E-state index contributed by atoms with van der Waals surface area (Å²) in [5, 5.41) is 0. The lowest BCUT2D eigenvalue weighted by Gasteiger charge is -2.39. The van der Waals surface area contributed by atoms with Gasteiger partial charge in [-0.1, -0.05) is 6.08 Å². The van der Waals surface area contributed by atoms with Crippen molar-refractivity contribution in [3.63, 3.8) is 0 Å². The van der Waals surface area contributed by atoms with Crippen molar-refractivity contribution < 1.29 is 14.3 Å². The zero-order valence-corrected chi connectivity index (χ0v) is 12.3. The van der Waals surface area contributed by atoms with E-state index in [9.17, 15) is 9.59 Å². The number of amides is 1. The lowest BCUT2D eigenvalue weighted by molar-refractivity contribution is -0.108. The van der Waals surface area contributed by atoms with Crippen LogP contribution in [0.3, 0.4) is 0 Å². The topological polar surface area (TPSA) is 46.6 Å². The van der Waals surface area contributed by atoms with Gasteiger partial charge in [0.05, 0.1) is 23.4 Å². The Morgan fingerprint density at radius 2 is 2.10 bits per heavy atom. The van der Waals surface area contributed by atoms with E-state index >= 15 is 0 Å². The predicted octanol–water partition coefficient (Wildman–Crippen LogP) is 3.02. The van der Waals surface area contributed by atoms with Crippen LogP contribution in [0.4, 0.5) is 5.69 Å². The Kier molecular flexibility index (Phi) is 3.66. The summed E-state index contributed by atoms with van der Waals surface area (Å²) in [6.45, 7) is 8.06. The molecule has 1 heterocycles. The lowest BCUT2D eigenvalue weighted by Crippen LogP contribution is -2.44. The summed E-state index contributed by atoms with van der Waals surface area (Å²) in [4.78, 5) is 24.8. The first-order chi connectivity index (χ1) is 9.40. The standard InChI is InChI=1S/C16H19NO3/c1-5-20-15(19)12-6-7-14-13(8-12)11(2)9-16(3,4)17(14)10-18/h6-10H,5H2,1-4H3. The number of benzene rings is 1. The summed E-state index contributed by atoms with van der Waals surface area (Å²) >= 11 is 0. The van der Waals surface area contributed by atoms with Crippen LogP contribution in [0.1, 0.15) is 43.6 Å². The molecular formula is C16H19NO3. The number of allylic oxidation sites excluding steroid dienone is 1. The molecule has 0 radical (unpaired) electrons. The zero-order chi connectivity index (χ0) is 14.9. The van der Waals surface area contributed by atoms with Crippen LogP contribution in [0.15, 0.2) is 24.3 Å². The molecule has 0 atom stereocenters. The highest BCUT2D eigenvalue weighted by Crippen LogP contribution is 2.38. The van der Waals surface area contributed by atoms with Gasteiger partial charge >= 0.3 is 5.97 Å². The van der Waals surface area contributed by atoms with E-state index in [0.29, 0.717) is 12.2 Å². The largest absolute Gasteiger partial charge is 0.462 e. The number of hydrogen-bond acceptors (Lipinski definition) is 3. The fourth-order valence-electron chi connectivity index (χ4n) is 2.58. The van der Waals surface area contributed by atoms with Crippen molar-refractivity contribution in [3.8, 4) is 0 Å². The molecule has 106 valence electrons. The monoisotopic (exact) mass is 273 g/mol. The number of anilines is 1. The summed E-state index contributed by atoms with van der Waals surface area (Å²) < 4.78 is 5.01. The number of rotatable bonds is 3. The molecule has 4 heteroatoms. The molecule has 1 aliphatic heterocycles. The zero-order valence-electron chi connectivity index (χ0n) is 12.3.